The number of benzene rings is 2. The minimum absolute atomic E-state index is 0.0102. The number of pyridine rings is 1. The molecule has 1 atom stereocenters. The Labute approximate surface area is 199 Å². The molecule has 1 amide bonds. The van der Waals surface area contributed by atoms with Crippen LogP contribution >= 0.6 is 0 Å². The molecule has 174 valence electrons. The molecule has 0 saturated heterocycles. The van der Waals surface area contributed by atoms with E-state index in [9.17, 15) is 9.59 Å². The average molecular weight is 458 g/mol. The molecule has 0 radical (unpaired) electrons. The van der Waals surface area contributed by atoms with Crippen LogP contribution in [0, 0.1) is 6.92 Å². The lowest BCUT2D eigenvalue weighted by molar-refractivity contribution is -0.135. The van der Waals surface area contributed by atoms with Crippen molar-refractivity contribution in [2.45, 2.75) is 46.3 Å². The first-order chi connectivity index (χ1) is 16.1. The number of hydrogen-bond acceptors (Lipinski definition) is 6. The van der Waals surface area contributed by atoms with Gasteiger partial charge in [0.1, 0.15) is 5.75 Å². The first-order valence-corrected chi connectivity index (χ1v) is 11.0. The van der Waals surface area contributed by atoms with Crippen LogP contribution in [0.2, 0.25) is 0 Å². The van der Waals surface area contributed by atoms with Gasteiger partial charge in [-0.2, -0.15) is 5.01 Å². The highest BCUT2D eigenvalue weighted by molar-refractivity contribution is 5.96. The van der Waals surface area contributed by atoms with E-state index in [-0.39, 0.29) is 11.3 Å². The molecule has 0 unspecified atom stereocenters. The second kappa shape index (κ2) is 9.09. The van der Waals surface area contributed by atoms with E-state index >= 15 is 0 Å². The molecule has 2 heterocycles. The van der Waals surface area contributed by atoms with Gasteiger partial charge >= 0.3 is 5.97 Å². The number of carbonyl (C=O) groups is 2. The number of nitrogens with zero attached hydrogens (tertiary/aromatic N) is 3. The van der Waals surface area contributed by atoms with Crippen LogP contribution in [0.5, 0.6) is 5.75 Å². The van der Waals surface area contributed by atoms with Crippen molar-refractivity contribution in [3.8, 4) is 5.75 Å². The van der Waals surface area contributed by atoms with Crippen LogP contribution in [-0.4, -0.2) is 27.8 Å². The molecule has 34 heavy (non-hydrogen) atoms. The summed E-state index contributed by atoms with van der Waals surface area (Å²) < 4.78 is 11.5. The summed E-state index contributed by atoms with van der Waals surface area (Å²) in [4.78, 5) is 28.9. The number of amides is 1. The molecular weight excluding hydrogens is 430 g/mol. The third-order valence-corrected chi connectivity index (χ3v) is 5.48. The van der Waals surface area contributed by atoms with E-state index in [0.29, 0.717) is 22.8 Å². The fourth-order valence-corrected chi connectivity index (χ4v) is 3.46. The second-order valence-electron chi connectivity index (χ2n) is 9.21. The van der Waals surface area contributed by atoms with E-state index in [1.165, 1.54) is 11.9 Å². The largest absolute Gasteiger partial charge is 0.446 e. The number of aromatic nitrogens is 1. The molecule has 7 nitrogen and oxygen atoms in total. The molecule has 2 aromatic carbocycles. The molecule has 0 aliphatic carbocycles. The predicted molar refractivity (Wildman–Crippen MR) is 128 cm³/mol. The smallest absolute Gasteiger partial charge is 0.343 e. The lowest BCUT2D eigenvalue weighted by Gasteiger charge is -2.19. The van der Waals surface area contributed by atoms with Crippen LogP contribution in [0.25, 0.3) is 0 Å². The van der Waals surface area contributed by atoms with E-state index in [1.807, 2.05) is 31.2 Å². The Morgan fingerprint density at radius 1 is 0.971 bits per heavy atom. The Balaban J connectivity index is 1.46. The molecule has 1 aliphatic rings. The van der Waals surface area contributed by atoms with Gasteiger partial charge in [0.25, 0.3) is 0 Å². The van der Waals surface area contributed by atoms with Crippen LogP contribution in [0.15, 0.2) is 72.0 Å². The number of rotatable bonds is 4. The van der Waals surface area contributed by atoms with Gasteiger partial charge in [0.15, 0.2) is 0 Å². The van der Waals surface area contributed by atoms with Crippen molar-refractivity contribution in [1.82, 2.24) is 9.99 Å². The summed E-state index contributed by atoms with van der Waals surface area (Å²) in [5, 5.41) is 5.64. The quantitative estimate of drug-likeness (QED) is 0.400. The van der Waals surface area contributed by atoms with Crippen LogP contribution in [0.3, 0.4) is 0 Å². The molecule has 1 aromatic heterocycles. The van der Waals surface area contributed by atoms with Crippen LogP contribution in [0.4, 0.5) is 0 Å². The van der Waals surface area contributed by atoms with E-state index in [0.717, 1.165) is 16.8 Å². The Morgan fingerprint density at radius 2 is 1.65 bits per heavy atom. The first kappa shape index (κ1) is 23.2. The van der Waals surface area contributed by atoms with E-state index in [4.69, 9.17) is 9.47 Å². The highest BCUT2D eigenvalue weighted by atomic mass is 16.5. The zero-order valence-corrected chi connectivity index (χ0v) is 19.9. The number of esters is 1. The van der Waals surface area contributed by atoms with Crippen LogP contribution < -0.4 is 4.74 Å². The topological polar surface area (TPSA) is 81.1 Å². The number of carbonyl (C=O) groups excluding carboxylic acids is 2. The molecule has 0 fully saturated rings. The van der Waals surface area contributed by atoms with Crippen molar-refractivity contribution in [2.75, 3.05) is 0 Å². The summed E-state index contributed by atoms with van der Waals surface area (Å²) in [5.74, 6) is 0.0207. The average Bonchev–Trinajstić information content (AvgIpc) is 3.25. The Hall–Kier alpha value is -4.00. The van der Waals surface area contributed by atoms with Crippen LogP contribution in [-0.2, 0) is 14.9 Å². The highest BCUT2D eigenvalue weighted by Crippen LogP contribution is 2.30. The van der Waals surface area contributed by atoms with Gasteiger partial charge in [-0.05, 0) is 66.4 Å². The number of ether oxygens (including phenoxy) is 2. The molecule has 0 N–H and O–H groups in total. The molecule has 0 saturated carbocycles. The van der Waals surface area contributed by atoms with E-state index in [2.05, 4.69) is 30.9 Å². The summed E-state index contributed by atoms with van der Waals surface area (Å²) in [6.07, 6.45) is 0.986. The third kappa shape index (κ3) is 4.98. The summed E-state index contributed by atoms with van der Waals surface area (Å²) in [6.45, 7) is 9.68. The lowest BCUT2D eigenvalue weighted by atomic mass is 9.87. The number of hydrazone groups is 1. The monoisotopic (exact) mass is 457 g/mol. The molecule has 3 aromatic rings. The molecule has 0 bridgehead atoms. The van der Waals surface area contributed by atoms with Crippen molar-refractivity contribution in [1.29, 1.82) is 0 Å². The van der Waals surface area contributed by atoms with E-state index < -0.39 is 12.2 Å². The van der Waals surface area contributed by atoms with Crippen molar-refractivity contribution in [2.24, 2.45) is 5.10 Å². The van der Waals surface area contributed by atoms with Gasteiger partial charge in [0.2, 0.25) is 18.0 Å². The van der Waals surface area contributed by atoms with Crippen molar-refractivity contribution in [3.05, 3.63) is 94.8 Å². The fraction of sp³-hybridized carbons (Fsp3) is 0.259. The minimum Gasteiger partial charge on any atom is -0.446 e. The molecule has 7 heteroatoms. The van der Waals surface area contributed by atoms with Crippen LogP contribution in [0.1, 0.15) is 66.7 Å². The zero-order chi connectivity index (χ0) is 24.5. The zero-order valence-electron chi connectivity index (χ0n) is 19.9. The van der Waals surface area contributed by atoms with Gasteiger partial charge in [0.05, 0.1) is 5.56 Å². The Kier molecular flexibility index (Phi) is 6.20. The SMILES string of the molecule is CC(=O)N1N=C(c2ccc(OC(=O)c3ccc(C(C)(C)C)cc3)cc2)O[C@H]1c1ccc(C)nc1. The minimum atomic E-state index is -0.686. The maximum atomic E-state index is 12.5. The van der Waals surface area contributed by atoms with Gasteiger partial charge in [-0.1, -0.05) is 32.9 Å². The second-order valence-corrected chi connectivity index (χ2v) is 9.21. The molecule has 4 rings (SSSR count). The maximum absolute atomic E-state index is 12.5. The number of aryl methyl sites for hydroxylation is 1. The summed E-state index contributed by atoms with van der Waals surface area (Å²) in [7, 11) is 0. The highest BCUT2D eigenvalue weighted by Gasteiger charge is 2.33. The van der Waals surface area contributed by atoms with Gasteiger partial charge < -0.3 is 9.47 Å². The third-order valence-electron chi connectivity index (χ3n) is 5.48. The standard InChI is InChI=1S/C27H27N3O4/c1-17-6-7-21(16-28-17)25-30(18(2)31)29-24(34-25)19-10-14-23(15-11-19)33-26(32)20-8-12-22(13-9-20)27(3,4)5/h6-16,25H,1-5H3/t25-/m0/s1. The Morgan fingerprint density at radius 3 is 2.21 bits per heavy atom. The van der Waals surface area contributed by atoms with E-state index in [1.54, 1.807) is 42.6 Å². The van der Waals surface area contributed by atoms with Gasteiger partial charge in [0, 0.05) is 29.9 Å². The summed E-state index contributed by atoms with van der Waals surface area (Å²) in [6, 6.07) is 17.9. The predicted octanol–water partition coefficient (Wildman–Crippen LogP) is 5.15. The summed E-state index contributed by atoms with van der Waals surface area (Å²) >= 11 is 0. The van der Waals surface area contributed by atoms with Gasteiger partial charge in [-0.25, -0.2) is 4.79 Å². The van der Waals surface area contributed by atoms with Crippen molar-refractivity contribution in [3.63, 3.8) is 0 Å². The maximum Gasteiger partial charge on any atom is 0.343 e. The van der Waals surface area contributed by atoms with Gasteiger partial charge in [-0.15, -0.1) is 5.10 Å². The number of hydrogen-bond donors (Lipinski definition) is 0. The molecule has 1 aliphatic heterocycles. The summed E-state index contributed by atoms with van der Waals surface area (Å²) in [5.41, 5.74) is 3.88. The Bertz CT molecular complexity index is 1220. The molecule has 0 spiro atoms. The van der Waals surface area contributed by atoms with Crippen molar-refractivity contribution < 1.29 is 19.1 Å². The molecular formula is C27H27N3O4. The van der Waals surface area contributed by atoms with Gasteiger partial charge in [-0.3, -0.25) is 9.78 Å². The first-order valence-electron chi connectivity index (χ1n) is 11.0. The lowest BCUT2D eigenvalue weighted by Crippen LogP contribution is -2.25. The normalized spacial score (nSPS) is 15.5. The van der Waals surface area contributed by atoms with Crippen molar-refractivity contribution >= 4 is 17.8 Å². The fourth-order valence-electron chi connectivity index (χ4n) is 3.46.